The van der Waals surface area contributed by atoms with Crippen LogP contribution in [0.5, 0.6) is 0 Å². The van der Waals surface area contributed by atoms with E-state index in [2.05, 4.69) is 21.8 Å². The summed E-state index contributed by atoms with van der Waals surface area (Å²) in [6.07, 6.45) is 3.44. The summed E-state index contributed by atoms with van der Waals surface area (Å²) in [6.45, 7) is 2.06. The molecular formula is C17H17N3O3S. The first-order chi connectivity index (χ1) is 11.5. The SMILES string of the molecule is CCCc1ccc(S(=O)(=O)NC(=O)c2cccc3cn[nH]c23)cc1. The Morgan fingerprint density at radius 3 is 2.62 bits per heavy atom. The van der Waals surface area contributed by atoms with Gasteiger partial charge in [0.25, 0.3) is 15.9 Å². The number of sulfonamides is 1. The fourth-order valence-electron chi connectivity index (χ4n) is 2.52. The fourth-order valence-corrected chi connectivity index (χ4v) is 3.48. The molecule has 0 aliphatic heterocycles. The largest absolute Gasteiger partial charge is 0.277 e. The Hall–Kier alpha value is -2.67. The highest BCUT2D eigenvalue weighted by atomic mass is 32.2. The van der Waals surface area contributed by atoms with Crippen molar-refractivity contribution in [2.24, 2.45) is 0 Å². The van der Waals surface area contributed by atoms with Gasteiger partial charge in [-0.15, -0.1) is 0 Å². The molecule has 0 bridgehead atoms. The number of carbonyl (C=O) groups is 1. The van der Waals surface area contributed by atoms with E-state index in [1.807, 2.05) is 0 Å². The van der Waals surface area contributed by atoms with Gasteiger partial charge in [0.1, 0.15) is 0 Å². The zero-order chi connectivity index (χ0) is 17.2. The Balaban J connectivity index is 1.86. The van der Waals surface area contributed by atoms with E-state index in [9.17, 15) is 13.2 Å². The van der Waals surface area contributed by atoms with E-state index in [0.29, 0.717) is 5.52 Å². The number of rotatable bonds is 5. The zero-order valence-corrected chi connectivity index (χ0v) is 13.9. The third kappa shape index (κ3) is 3.16. The minimum absolute atomic E-state index is 0.0625. The molecule has 1 amide bonds. The number of carbonyl (C=O) groups excluding carboxylic acids is 1. The first-order valence-electron chi connectivity index (χ1n) is 7.59. The molecule has 24 heavy (non-hydrogen) atoms. The molecule has 0 unspecified atom stereocenters. The molecule has 2 N–H and O–H groups in total. The maximum absolute atomic E-state index is 12.4. The Kier molecular flexibility index (Phi) is 4.35. The Labute approximate surface area is 139 Å². The topological polar surface area (TPSA) is 91.9 Å². The van der Waals surface area contributed by atoms with Gasteiger partial charge < -0.3 is 0 Å². The van der Waals surface area contributed by atoms with Crippen LogP contribution in [0, 0.1) is 0 Å². The highest BCUT2D eigenvalue weighted by Crippen LogP contribution is 2.17. The van der Waals surface area contributed by atoms with E-state index < -0.39 is 15.9 Å². The fraction of sp³-hybridized carbons (Fsp3) is 0.176. The standard InChI is InChI=1S/C17H17N3O3S/c1-2-4-12-7-9-14(10-8-12)24(22,23)20-17(21)15-6-3-5-13-11-18-19-16(13)15/h3,5-11H,2,4H2,1H3,(H,18,19)(H,20,21). The number of amides is 1. The summed E-state index contributed by atoms with van der Waals surface area (Å²) in [7, 11) is -3.92. The maximum Gasteiger partial charge on any atom is 0.267 e. The number of hydrogen-bond acceptors (Lipinski definition) is 4. The van der Waals surface area contributed by atoms with Crippen molar-refractivity contribution in [3.8, 4) is 0 Å². The van der Waals surface area contributed by atoms with Crippen molar-refractivity contribution in [1.82, 2.24) is 14.9 Å². The third-order valence-corrected chi connectivity index (χ3v) is 5.07. The summed E-state index contributed by atoms with van der Waals surface area (Å²) in [4.78, 5) is 12.4. The van der Waals surface area contributed by atoms with Crippen molar-refractivity contribution in [2.75, 3.05) is 0 Å². The molecular weight excluding hydrogens is 326 g/mol. The molecule has 6 nitrogen and oxygen atoms in total. The van der Waals surface area contributed by atoms with Crippen molar-refractivity contribution in [2.45, 2.75) is 24.7 Å². The normalized spacial score (nSPS) is 11.5. The number of para-hydroxylation sites is 1. The van der Waals surface area contributed by atoms with Crippen LogP contribution in [0.4, 0.5) is 0 Å². The molecule has 0 saturated heterocycles. The lowest BCUT2D eigenvalue weighted by atomic mass is 10.1. The number of nitrogens with one attached hydrogen (secondary N) is 2. The molecule has 3 rings (SSSR count). The van der Waals surface area contributed by atoms with E-state index in [4.69, 9.17) is 0 Å². The number of hydrogen-bond donors (Lipinski definition) is 2. The van der Waals surface area contributed by atoms with E-state index in [1.165, 1.54) is 12.1 Å². The molecule has 0 aliphatic carbocycles. The molecule has 0 fully saturated rings. The number of benzene rings is 2. The van der Waals surface area contributed by atoms with Crippen LogP contribution in [0.2, 0.25) is 0 Å². The van der Waals surface area contributed by atoms with Gasteiger partial charge in [0.05, 0.1) is 22.2 Å². The lowest BCUT2D eigenvalue weighted by Crippen LogP contribution is -2.30. The first-order valence-corrected chi connectivity index (χ1v) is 9.08. The molecule has 3 aromatic rings. The summed E-state index contributed by atoms with van der Waals surface area (Å²) in [5, 5.41) is 7.32. The summed E-state index contributed by atoms with van der Waals surface area (Å²) < 4.78 is 26.9. The number of aromatic amines is 1. The van der Waals surface area contributed by atoms with Gasteiger partial charge in [-0.25, -0.2) is 13.1 Å². The Bertz CT molecular complexity index is 976. The number of aryl methyl sites for hydroxylation is 1. The predicted molar refractivity (Wildman–Crippen MR) is 91.2 cm³/mol. The quantitative estimate of drug-likeness (QED) is 0.745. The highest BCUT2D eigenvalue weighted by Gasteiger charge is 2.20. The van der Waals surface area contributed by atoms with E-state index in [1.54, 1.807) is 36.5 Å². The van der Waals surface area contributed by atoms with Crippen LogP contribution in [0.3, 0.4) is 0 Å². The van der Waals surface area contributed by atoms with Gasteiger partial charge in [0, 0.05) is 5.39 Å². The lowest BCUT2D eigenvalue weighted by molar-refractivity contribution is 0.0983. The van der Waals surface area contributed by atoms with Gasteiger partial charge in [0.15, 0.2) is 0 Å². The summed E-state index contributed by atoms with van der Waals surface area (Å²) in [5.74, 6) is -0.692. The molecule has 0 aliphatic rings. The maximum atomic E-state index is 12.4. The number of aromatic nitrogens is 2. The molecule has 1 aromatic heterocycles. The summed E-state index contributed by atoms with van der Waals surface area (Å²) >= 11 is 0. The zero-order valence-electron chi connectivity index (χ0n) is 13.1. The Morgan fingerprint density at radius 2 is 1.92 bits per heavy atom. The molecule has 124 valence electrons. The van der Waals surface area contributed by atoms with Crippen molar-refractivity contribution >= 4 is 26.8 Å². The minimum Gasteiger partial charge on any atom is -0.277 e. The first kappa shape index (κ1) is 16.2. The van der Waals surface area contributed by atoms with Crippen LogP contribution in [0.1, 0.15) is 29.3 Å². The number of nitrogens with zero attached hydrogens (tertiary/aromatic N) is 1. The average Bonchev–Trinajstić information content (AvgIpc) is 3.03. The molecule has 0 atom stereocenters. The smallest absolute Gasteiger partial charge is 0.267 e. The van der Waals surface area contributed by atoms with Crippen LogP contribution < -0.4 is 4.72 Å². The van der Waals surface area contributed by atoms with E-state index in [0.717, 1.165) is 23.8 Å². The second-order valence-electron chi connectivity index (χ2n) is 5.47. The van der Waals surface area contributed by atoms with Crippen LogP contribution >= 0.6 is 0 Å². The van der Waals surface area contributed by atoms with Crippen LogP contribution in [0.25, 0.3) is 10.9 Å². The molecule has 1 heterocycles. The van der Waals surface area contributed by atoms with Crippen LogP contribution in [-0.4, -0.2) is 24.5 Å². The van der Waals surface area contributed by atoms with Gasteiger partial charge >= 0.3 is 0 Å². The molecule has 0 radical (unpaired) electrons. The lowest BCUT2D eigenvalue weighted by Gasteiger charge is -2.08. The Morgan fingerprint density at radius 1 is 1.17 bits per heavy atom. The van der Waals surface area contributed by atoms with E-state index in [-0.39, 0.29) is 10.5 Å². The molecule has 0 spiro atoms. The van der Waals surface area contributed by atoms with Gasteiger partial charge in [-0.1, -0.05) is 37.6 Å². The number of fused-ring (bicyclic) bond motifs is 1. The van der Waals surface area contributed by atoms with Crippen LogP contribution in [-0.2, 0) is 16.4 Å². The van der Waals surface area contributed by atoms with Crippen molar-refractivity contribution in [1.29, 1.82) is 0 Å². The second-order valence-corrected chi connectivity index (χ2v) is 7.15. The summed E-state index contributed by atoms with van der Waals surface area (Å²) in [5.41, 5.74) is 1.80. The molecule has 2 aromatic carbocycles. The number of H-pyrrole nitrogens is 1. The monoisotopic (exact) mass is 343 g/mol. The third-order valence-electron chi connectivity index (χ3n) is 3.72. The second kappa shape index (κ2) is 6.45. The van der Waals surface area contributed by atoms with Crippen LogP contribution in [0.15, 0.2) is 53.6 Å². The van der Waals surface area contributed by atoms with Gasteiger partial charge in [-0.3, -0.25) is 9.89 Å². The average molecular weight is 343 g/mol. The predicted octanol–water partition coefficient (Wildman–Crippen LogP) is 2.63. The highest BCUT2D eigenvalue weighted by molar-refractivity contribution is 7.90. The van der Waals surface area contributed by atoms with E-state index >= 15 is 0 Å². The molecule has 7 heteroatoms. The van der Waals surface area contributed by atoms with Crippen molar-refractivity contribution < 1.29 is 13.2 Å². The minimum atomic E-state index is -3.92. The van der Waals surface area contributed by atoms with Gasteiger partial charge in [-0.2, -0.15) is 5.10 Å². The van der Waals surface area contributed by atoms with Gasteiger partial charge in [0.2, 0.25) is 0 Å². The molecule has 0 saturated carbocycles. The summed E-state index contributed by atoms with van der Waals surface area (Å²) in [6, 6.07) is 11.6. The van der Waals surface area contributed by atoms with Crippen molar-refractivity contribution in [3.05, 3.63) is 59.8 Å². The van der Waals surface area contributed by atoms with Crippen molar-refractivity contribution in [3.63, 3.8) is 0 Å². The van der Waals surface area contributed by atoms with Gasteiger partial charge in [-0.05, 0) is 30.2 Å².